The van der Waals surface area contributed by atoms with Crippen LogP contribution in [-0.4, -0.2) is 60.9 Å². The van der Waals surface area contributed by atoms with E-state index in [9.17, 15) is 9.90 Å². The Balaban J connectivity index is 1.37. The molecule has 0 spiro atoms. The van der Waals surface area contributed by atoms with Crippen LogP contribution in [0.15, 0.2) is 24.3 Å². The summed E-state index contributed by atoms with van der Waals surface area (Å²) in [6, 6.07) is 8.46. The highest BCUT2D eigenvalue weighted by Gasteiger charge is 2.37. The highest BCUT2D eigenvalue weighted by atomic mass is 16.5. The van der Waals surface area contributed by atoms with Crippen LogP contribution < -0.4 is 4.90 Å². The summed E-state index contributed by atoms with van der Waals surface area (Å²) in [6.07, 6.45) is 4.34. The molecule has 1 saturated carbocycles. The van der Waals surface area contributed by atoms with Crippen molar-refractivity contribution in [1.29, 1.82) is 0 Å². The smallest absolute Gasteiger partial charge is 0.228 e. The molecule has 2 heterocycles. The average Bonchev–Trinajstić information content (AvgIpc) is 3.26. The third-order valence-electron chi connectivity index (χ3n) is 6.11. The van der Waals surface area contributed by atoms with Gasteiger partial charge in [0.05, 0.1) is 19.3 Å². The second-order valence-corrected chi connectivity index (χ2v) is 7.51. The van der Waals surface area contributed by atoms with Crippen LogP contribution >= 0.6 is 0 Å². The Labute approximate surface area is 149 Å². The molecule has 1 aromatic rings. The summed E-state index contributed by atoms with van der Waals surface area (Å²) < 4.78 is 5.68. The van der Waals surface area contributed by atoms with Gasteiger partial charge in [-0.25, -0.2) is 0 Å². The molecule has 3 aliphatic rings. The number of anilines is 1. The van der Waals surface area contributed by atoms with Gasteiger partial charge in [-0.2, -0.15) is 0 Å². The summed E-state index contributed by atoms with van der Waals surface area (Å²) >= 11 is 0. The molecule has 5 nitrogen and oxygen atoms in total. The second kappa shape index (κ2) is 7.44. The van der Waals surface area contributed by atoms with Gasteiger partial charge >= 0.3 is 0 Å². The molecule has 5 heteroatoms. The van der Waals surface area contributed by atoms with Crippen LogP contribution in [0.4, 0.5) is 5.69 Å². The lowest BCUT2D eigenvalue weighted by molar-refractivity contribution is -0.119. The van der Waals surface area contributed by atoms with E-state index in [1.54, 1.807) is 0 Å². The number of hydrogen-bond acceptors (Lipinski definition) is 4. The fraction of sp³-hybridized carbons (Fsp3) is 0.650. The third kappa shape index (κ3) is 3.46. The summed E-state index contributed by atoms with van der Waals surface area (Å²) in [7, 11) is 0. The monoisotopic (exact) mass is 344 g/mol. The number of hydrogen-bond donors (Lipinski definition) is 1. The van der Waals surface area contributed by atoms with Crippen LogP contribution in [0.3, 0.4) is 0 Å². The highest BCUT2D eigenvalue weighted by Crippen LogP contribution is 2.32. The summed E-state index contributed by atoms with van der Waals surface area (Å²) in [5.41, 5.74) is 2.35. The Bertz CT molecular complexity index is 621. The number of benzene rings is 1. The van der Waals surface area contributed by atoms with Crippen LogP contribution in [0, 0.1) is 5.92 Å². The fourth-order valence-electron chi connectivity index (χ4n) is 4.72. The number of ether oxygens (including phenoxy) is 1. The van der Waals surface area contributed by atoms with E-state index in [0.717, 1.165) is 57.6 Å². The van der Waals surface area contributed by atoms with E-state index in [-0.39, 0.29) is 18.1 Å². The number of nitrogens with zero attached hydrogens (tertiary/aromatic N) is 2. The SMILES string of the molecule is O=C(CCN1CCOC[C@@H]1[C@H]1CCC[C@@H]1O)N1CCc2ccccc21. The number of amides is 1. The minimum absolute atomic E-state index is 0.210. The number of para-hydroxylation sites is 1. The van der Waals surface area contributed by atoms with Crippen LogP contribution in [0.1, 0.15) is 31.2 Å². The minimum atomic E-state index is -0.213. The van der Waals surface area contributed by atoms with E-state index >= 15 is 0 Å². The van der Waals surface area contributed by atoms with Crippen LogP contribution in [0.5, 0.6) is 0 Å². The average molecular weight is 344 g/mol. The topological polar surface area (TPSA) is 53.0 Å². The third-order valence-corrected chi connectivity index (χ3v) is 6.11. The minimum Gasteiger partial charge on any atom is -0.393 e. The Morgan fingerprint density at radius 1 is 1.24 bits per heavy atom. The predicted octanol–water partition coefficient (Wildman–Crippen LogP) is 1.83. The van der Waals surface area contributed by atoms with Crippen LogP contribution in [0.25, 0.3) is 0 Å². The molecular weight excluding hydrogens is 316 g/mol. The Morgan fingerprint density at radius 2 is 2.12 bits per heavy atom. The number of morpholine rings is 1. The number of rotatable bonds is 4. The van der Waals surface area contributed by atoms with Gasteiger partial charge in [0.15, 0.2) is 0 Å². The quantitative estimate of drug-likeness (QED) is 0.905. The molecule has 3 atom stereocenters. The lowest BCUT2D eigenvalue weighted by atomic mass is 9.94. The van der Waals surface area contributed by atoms with Crippen LogP contribution in [-0.2, 0) is 16.0 Å². The molecule has 1 N–H and O–H groups in total. The maximum atomic E-state index is 12.8. The van der Waals surface area contributed by atoms with Gasteiger partial charge in [0.2, 0.25) is 5.91 Å². The molecule has 1 aromatic carbocycles. The van der Waals surface area contributed by atoms with Gasteiger partial charge in [0.25, 0.3) is 0 Å². The van der Waals surface area contributed by atoms with E-state index < -0.39 is 0 Å². The first-order valence-electron chi connectivity index (χ1n) is 9.62. The van der Waals surface area contributed by atoms with Crippen molar-refractivity contribution in [3.63, 3.8) is 0 Å². The Morgan fingerprint density at radius 3 is 2.96 bits per heavy atom. The second-order valence-electron chi connectivity index (χ2n) is 7.51. The molecule has 1 amide bonds. The number of aliphatic hydroxyl groups excluding tert-OH is 1. The van der Waals surface area contributed by atoms with Crippen molar-refractivity contribution in [2.45, 2.75) is 44.2 Å². The fourth-order valence-corrected chi connectivity index (χ4v) is 4.72. The predicted molar refractivity (Wildman–Crippen MR) is 96.6 cm³/mol. The Hall–Kier alpha value is -1.43. The number of carbonyl (C=O) groups excluding carboxylic acids is 1. The van der Waals surface area contributed by atoms with Gasteiger partial charge in [-0.15, -0.1) is 0 Å². The van der Waals surface area contributed by atoms with Crippen molar-refractivity contribution >= 4 is 11.6 Å². The lowest BCUT2D eigenvalue weighted by Crippen LogP contribution is -2.52. The van der Waals surface area contributed by atoms with E-state index in [1.165, 1.54) is 5.56 Å². The zero-order valence-corrected chi connectivity index (χ0v) is 14.8. The summed E-state index contributed by atoms with van der Waals surface area (Å²) in [5.74, 6) is 0.505. The molecule has 0 aromatic heterocycles. The van der Waals surface area contributed by atoms with Crippen LogP contribution in [0.2, 0.25) is 0 Å². The largest absolute Gasteiger partial charge is 0.393 e. The number of aliphatic hydroxyl groups is 1. The lowest BCUT2D eigenvalue weighted by Gasteiger charge is -2.40. The molecule has 0 radical (unpaired) electrons. The maximum Gasteiger partial charge on any atom is 0.228 e. The molecule has 2 fully saturated rings. The molecule has 0 unspecified atom stereocenters. The van der Waals surface area contributed by atoms with Gasteiger partial charge in [0.1, 0.15) is 0 Å². The molecule has 0 bridgehead atoms. The molecule has 1 aliphatic carbocycles. The highest BCUT2D eigenvalue weighted by molar-refractivity contribution is 5.95. The summed E-state index contributed by atoms with van der Waals surface area (Å²) in [6.45, 7) is 3.82. The zero-order valence-electron chi connectivity index (χ0n) is 14.8. The van der Waals surface area contributed by atoms with Crippen molar-refractivity contribution in [2.24, 2.45) is 5.92 Å². The zero-order chi connectivity index (χ0) is 17.2. The van der Waals surface area contributed by atoms with E-state index in [1.807, 2.05) is 23.1 Å². The first kappa shape index (κ1) is 17.0. The van der Waals surface area contributed by atoms with Crippen molar-refractivity contribution in [3.8, 4) is 0 Å². The van der Waals surface area contributed by atoms with Gasteiger partial charge in [-0.05, 0) is 30.9 Å². The molecule has 25 heavy (non-hydrogen) atoms. The van der Waals surface area contributed by atoms with Crippen molar-refractivity contribution in [1.82, 2.24) is 4.90 Å². The number of fused-ring (bicyclic) bond motifs is 1. The first-order valence-corrected chi connectivity index (χ1v) is 9.62. The standard InChI is InChI=1S/C20H28N2O3/c23-19-7-3-5-16(19)18-14-25-13-12-21(18)10-9-20(24)22-11-8-15-4-1-2-6-17(15)22/h1-2,4,6,16,18-19,23H,3,5,7-14H2/t16-,18-,19+/m1/s1. The molecule has 4 rings (SSSR count). The Kier molecular flexibility index (Phi) is 5.06. The molecule has 2 aliphatic heterocycles. The first-order chi connectivity index (χ1) is 12.2. The number of carbonyl (C=O) groups is 1. The molecule has 1 saturated heterocycles. The van der Waals surface area contributed by atoms with E-state index in [2.05, 4.69) is 11.0 Å². The molecule has 136 valence electrons. The van der Waals surface area contributed by atoms with Crippen molar-refractivity contribution in [3.05, 3.63) is 29.8 Å². The van der Waals surface area contributed by atoms with Crippen molar-refractivity contribution < 1.29 is 14.6 Å². The molecular formula is C20H28N2O3. The summed E-state index contributed by atoms with van der Waals surface area (Å²) in [5, 5.41) is 10.3. The van der Waals surface area contributed by atoms with Gasteiger partial charge < -0.3 is 14.7 Å². The summed E-state index contributed by atoms with van der Waals surface area (Å²) in [4.78, 5) is 17.1. The van der Waals surface area contributed by atoms with Gasteiger partial charge in [-0.1, -0.05) is 24.6 Å². The van der Waals surface area contributed by atoms with E-state index in [4.69, 9.17) is 4.74 Å². The van der Waals surface area contributed by atoms with Crippen molar-refractivity contribution in [2.75, 3.05) is 37.7 Å². The maximum absolute atomic E-state index is 12.8. The van der Waals surface area contributed by atoms with Gasteiger partial charge in [-0.3, -0.25) is 9.69 Å². The van der Waals surface area contributed by atoms with E-state index in [0.29, 0.717) is 18.9 Å². The normalized spacial score (nSPS) is 29.8. The van der Waals surface area contributed by atoms with Gasteiger partial charge in [0, 0.05) is 43.7 Å².